The quantitative estimate of drug-likeness (QED) is 0.717. The molecule has 1 fully saturated rings. The van der Waals surface area contributed by atoms with Crippen LogP contribution in [0.5, 0.6) is 11.5 Å². The summed E-state index contributed by atoms with van der Waals surface area (Å²) in [5, 5.41) is 3.22. The lowest BCUT2D eigenvalue weighted by Gasteiger charge is -2.34. The van der Waals surface area contributed by atoms with Gasteiger partial charge in [0.2, 0.25) is 5.91 Å². The van der Waals surface area contributed by atoms with Crippen molar-refractivity contribution in [3.05, 3.63) is 48.3 Å². The fourth-order valence-corrected chi connectivity index (χ4v) is 3.05. The Balaban J connectivity index is 1.42. The molecule has 0 spiro atoms. The first-order valence-electron chi connectivity index (χ1n) is 9.58. The molecule has 2 amide bonds. The van der Waals surface area contributed by atoms with Gasteiger partial charge in [0.05, 0.1) is 19.0 Å². The zero-order valence-electron chi connectivity index (χ0n) is 16.8. The number of methoxy groups -OCH3 is 1. The summed E-state index contributed by atoms with van der Waals surface area (Å²) in [5.41, 5.74) is 1.22. The number of anilines is 1. The third-order valence-electron chi connectivity index (χ3n) is 4.75. The van der Waals surface area contributed by atoms with Gasteiger partial charge in [-0.1, -0.05) is 0 Å². The van der Waals surface area contributed by atoms with Crippen molar-refractivity contribution in [2.45, 2.75) is 6.92 Å². The molecule has 29 heavy (non-hydrogen) atoms. The number of nitrogens with zero attached hydrogens (tertiary/aromatic N) is 3. The van der Waals surface area contributed by atoms with E-state index >= 15 is 0 Å². The number of benzene rings is 1. The van der Waals surface area contributed by atoms with E-state index in [1.807, 2.05) is 30.3 Å². The van der Waals surface area contributed by atoms with Crippen LogP contribution in [-0.2, 0) is 4.79 Å². The Morgan fingerprint density at radius 2 is 1.66 bits per heavy atom. The van der Waals surface area contributed by atoms with Gasteiger partial charge in [-0.25, -0.2) is 4.98 Å². The average Bonchev–Trinajstić information content (AvgIpc) is 2.77. The minimum absolute atomic E-state index is 0.0432. The van der Waals surface area contributed by atoms with E-state index in [0.717, 1.165) is 17.2 Å². The molecule has 8 heteroatoms. The van der Waals surface area contributed by atoms with Crippen molar-refractivity contribution in [3.8, 4) is 11.5 Å². The molecule has 1 aromatic carbocycles. The Labute approximate surface area is 170 Å². The first-order chi connectivity index (χ1) is 14.1. The lowest BCUT2D eigenvalue weighted by Crippen LogP contribution is -2.50. The predicted molar refractivity (Wildman–Crippen MR) is 109 cm³/mol. The molecular formula is C21H26N4O4. The molecule has 2 heterocycles. The van der Waals surface area contributed by atoms with E-state index in [1.54, 1.807) is 36.1 Å². The molecule has 1 aliphatic rings. The molecule has 0 radical (unpaired) electrons. The monoisotopic (exact) mass is 398 g/mol. The van der Waals surface area contributed by atoms with E-state index in [-0.39, 0.29) is 11.8 Å². The van der Waals surface area contributed by atoms with Gasteiger partial charge in [0.25, 0.3) is 5.91 Å². The highest BCUT2D eigenvalue weighted by atomic mass is 16.5. The maximum atomic E-state index is 12.6. The highest BCUT2D eigenvalue weighted by molar-refractivity contribution is 5.92. The van der Waals surface area contributed by atoms with E-state index in [9.17, 15) is 9.59 Å². The molecule has 1 saturated heterocycles. The van der Waals surface area contributed by atoms with Crippen LogP contribution in [0.15, 0.2) is 42.6 Å². The Kier molecular flexibility index (Phi) is 6.89. The number of nitrogens with one attached hydrogen (secondary N) is 1. The number of carbonyl (C=O) groups is 2. The maximum absolute atomic E-state index is 12.6. The maximum Gasteiger partial charge on any atom is 0.272 e. The summed E-state index contributed by atoms with van der Waals surface area (Å²) in [7, 11) is 1.63. The molecule has 8 nitrogen and oxygen atoms in total. The van der Waals surface area contributed by atoms with Gasteiger partial charge in [0.1, 0.15) is 23.8 Å². The SMILES string of the molecule is COc1ccc(OCCNc2ccc(C(=O)N3CCN(C(C)=O)CC3)nc2)cc1. The number of pyridine rings is 1. The van der Waals surface area contributed by atoms with Crippen molar-refractivity contribution in [1.82, 2.24) is 14.8 Å². The summed E-state index contributed by atoms with van der Waals surface area (Å²) in [6.45, 7) is 4.84. The van der Waals surface area contributed by atoms with Crippen molar-refractivity contribution >= 4 is 17.5 Å². The Hall–Kier alpha value is -3.29. The number of hydrogen-bond donors (Lipinski definition) is 1. The zero-order chi connectivity index (χ0) is 20.6. The van der Waals surface area contributed by atoms with Gasteiger partial charge in [-0.3, -0.25) is 9.59 Å². The second-order valence-corrected chi connectivity index (χ2v) is 6.68. The number of carbonyl (C=O) groups excluding carboxylic acids is 2. The summed E-state index contributed by atoms with van der Waals surface area (Å²) >= 11 is 0. The van der Waals surface area contributed by atoms with Crippen molar-refractivity contribution in [2.75, 3.05) is 51.8 Å². The van der Waals surface area contributed by atoms with Gasteiger partial charge in [-0.2, -0.15) is 0 Å². The predicted octanol–water partition coefficient (Wildman–Crippen LogP) is 1.89. The van der Waals surface area contributed by atoms with Crippen LogP contribution in [0.4, 0.5) is 5.69 Å². The molecule has 1 aliphatic heterocycles. The highest BCUT2D eigenvalue weighted by Gasteiger charge is 2.23. The Morgan fingerprint density at radius 1 is 1.00 bits per heavy atom. The standard InChI is InChI=1S/C21H26N4O4/c1-16(26)24-10-12-25(13-11-24)21(27)20-8-3-17(15-23-20)22-9-14-29-19-6-4-18(28-2)5-7-19/h3-8,15,22H,9-14H2,1-2H3. The van der Waals surface area contributed by atoms with Gasteiger partial charge in [-0.05, 0) is 36.4 Å². The van der Waals surface area contributed by atoms with Crippen LogP contribution in [0.2, 0.25) is 0 Å². The third-order valence-corrected chi connectivity index (χ3v) is 4.75. The number of hydrogen-bond acceptors (Lipinski definition) is 6. The summed E-state index contributed by atoms with van der Waals surface area (Å²) in [6.07, 6.45) is 1.65. The first kappa shape index (κ1) is 20.4. The lowest BCUT2D eigenvalue weighted by molar-refractivity contribution is -0.130. The van der Waals surface area contributed by atoms with Crippen LogP contribution in [0, 0.1) is 0 Å². The van der Waals surface area contributed by atoms with E-state index in [0.29, 0.717) is 45.0 Å². The fourth-order valence-electron chi connectivity index (χ4n) is 3.05. The van der Waals surface area contributed by atoms with Gasteiger partial charge >= 0.3 is 0 Å². The smallest absolute Gasteiger partial charge is 0.272 e. The molecule has 0 bridgehead atoms. The molecule has 1 N–H and O–H groups in total. The summed E-state index contributed by atoms with van der Waals surface area (Å²) in [5.74, 6) is 1.50. The first-order valence-corrected chi connectivity index (χ1v) is 9.58. The number of ether oxygens (including phenoxy) is 2. The van der Waals surface area contributed by atoms with Crippen LogP contribution in [0.25, 0.3) is 0 Å². The molecule has 3 rings (SSSR count). The van der Waals surface area contributed by atoms with Crippen molar-refractivity contribution < 1.29 is 19.1 Å². The topological polar surface area (TPSA) is 84.0 Å². The van der Waals surface area contributed by atoms with Crippen molar-refractivity contribution in [3.63, 3.8) is 0 Å². The zero-order valence-corrected chi connectivity index (χ0v) is 16.8. The van der Waals surface area contributed by atoms with Crippen molar-refractivity contribution in [1.29, 1.82) is 0 Å². The van der Waals surface area contributed by atoms with E-state index in [2.05, 4.69) is 10.3 Å². The van der Waals surface area contributed by atoms with Gasteiger partial charge in [0, 0.05) is 39.6 Å². The molecule has 0 aliphatic carbocycles. The minimum atomic E-state index is -0.109. The average molecular weight is 398 g/mol. The Bertz CT molecular complexity index is 816. The molecule has 154 valence electrons. The second-order valence-electron chi connectivity index (χ2n) is 6.68. The molecular weight excluding hydrogens is 372 g/mol. The Morgan fingerprint density at radius 3 is 2.24 bits per heavy atom. The van der Waals surface area contributed by atoms with Gasteiger partial charge in [-0.15, -0.1) is 0 Å². The largest absolute Gasteiger partial charge is 0.497 e. The molecule has 2 aromatic rings. The third kappa shape index (κ3) is 5.60. The van der Waals surface area contributed by atoms with Crippen LogP contribution >= 0.6 is 0 Å². The second kappa shape index (κ2) is 9.77. The minimum Gasteiger partial charge on any atom is -0.497 e. The van der Waals surface area contributed by atoms with Gasteiger partial charge < -0.3 is 24.6 Å². The number of piperazine rings is 1. The number of aromatic nitrogens is 1. The summed E-state index contributed by atoms with van der Waals surface area (Å²) in [4.78, 5) is 31.7. The fraction of sp³-hybridized carbons (Fsp3) is 0.381. The number of amides is 2. The molecule has 0 unspecified atom stereocenters. The van der Waals surface area contributed by atoms with Crippen LogP contribution in [0.3, 0.4) is 0 Å². The summed E-state index contributed by atoms with van der Waals surface area (Å²) in [6, 6.07) is 11.0. The van der Waals surface area contributed by atoms with Gasteiger partial charge in [0.15, 0.2) is 0 Å². The lowest BCUT2D eigenvalue weighted by atomic mass is 10.2. The number of rotatable bonds is 7. The normalized spacial score (nSPS) is 13.7. The van der Waals surface area contributed by atoms with E-state index in [1.165, 1.54) is 0 Å². The van der Waals surface area contributed by atoms with Crippen LogP contribution < -0.4 is 14.8 Å². The molecule has 0 atom stereocenters. The van der Waals surface area contributed by atoms with Crippen LogP contribution in [0.1, 0.15) is 17.4 Å². The summed E-state index contributed by atoms with van der Waals surface area (Å²) < 4.78 is 10.8. The van der Waals surface area contributed by atoms with Crippen molar-refractivity contribution in [2.24, 2.45) is 0 Å². The van der Waals surface area contributed by atoms with Crippen LogP contribution in [-0.4, -0.2) is 73.0 Å². The molecule has 1 aromatic heterocycles. The van der Waals surface area contributed by atoms with E-state index < -0.39 is 0 Å². The highest BCUT2D eigenvalue weighted by Crippen LogP contribution is 2.17. The molecule has 0 saturated carbocycles. The van der Waals surface area contributed by atoms with E-state index in [4.69, 9.17) is 9.47 Å².